The Labute approximate surface area is 169 Å². The van der Waals surface area contributed by atoms with E-state index in [1.165, 1.54) is 4.80 Å². The molecule has 0 aliphatic heterocycles. The molecule has 0 radical (unpaired) electrons. The standard InChI is InChI=1S/C19H17BrN6O2/c20-13-7-5-12(6-8-13)18-23-25-26(24-18)11-17(27)22-16-4-2-1-3-15(16)19(28)21-14-9-10-14/h1-8,14H,9-11H2,(H,21,28)(H,22,27). The fourth-order valence-electron chi connectivity index (χ4n) is 2.62. The van der Waals surface area contributed by atoms with Gasteiger partial charge in [0.2, 0.25) is 11.7 Å². The van der Waals surface area contributed by atoms with Crippen LogP contribution in [0.25, 0.3) is 11.4 Å². The molecular weight excluding hydrogens is 424 g/mol. The van der Waals surface area contributed by atoms with Crippen molar-refractivity contribution in [2.75, 3.05) is 5.32 Å². The number of hydrogen-bond acceptors (Lipinski definition) is 5. The van der Waals surface area contributed by atoms with Gasteiger partial charge >= 0.3 is 0 Å². The van der Waals surface area contributed by atoms with Crippen LogP contribution in [0, 0.1) is 0 Å². The van der Waals surface area contributed by atoms with Crippen molar-refractivity contribution in [1.82, 2.24) is 25.5 Å². The molecule has 0 spiro atoms. The molecule has 4 rings (SSSR count). The minimum absolute atomic E-state index is 0.109. The van der Waals surface area contributed by atoms with Crippen LogP contribution in [0.4, 0.5) is 5.69 Å². The molecule has 1 fully saturated rings. The number of hydrogen-bond donors (Lipinski definition) is 2. The summed E-state index contributed by atoms with van der Waals surface area (Å²) in [6.45, 7) is -0.109. The molecule has 142 valence electrons. The predicted molar refractivity (Wildman–Crippen MR) is 107 cm³/mol. The summed E-state index contributed by atoms with van der Waals surface area (Å²) in [4.78, 5) is 26.0. The molecule has 8 nitrogen and oxygen atoms in total. The van der Waals surface area contributed by atoms with Crippen molar-refractivity contribution in [3.8, 4) is 11.4 Å². The third-order valence-corrected chi connectivity index (χ3v) is 4.73. The Balaban J connectivity index is 1.42. The van der Waals surface area contributed by atoms with Gasteiger partial charge < -0.3 is 10.6 Å². The number of para-hydroxylation sites is 1. The van der Waals surface area contributed by atoms with Crippen LogP contribution >= 0.6 is 15.9 Å². The molecule has 2 amide bonds. The number of benzene rings is 2. The third-order valence-electron chi connectivity index (χ3n) is 4.20. The van der Waals surface area contributed by atoms with Gasteiger partial charge in [-0.15, -0.1) is 10.2 Å². The molecule has 0 atom stereocenters. The smallest absolute Gasteiger partial charge is 0.253 e. The Morgan fingerprint density at radius 2 is 1.86 bits per heavy atom. The van der Waals surface area contributed by atoms with Gasteiger partial charge in [-0.05, 0) is 54.5 Å². The maximum absolute atomic E-state index is 12.4. The van der Waals surface area contributed by atoms with Crippen LogP contribution in [0.15, 0.2) is 53.0 Å². The summed E-state index contributed by atoms with van der Waals surface area (Å²) in [5.41, 5.74) is 1.70. The van der Waals surface area contributed by atoms with Crippen molar-refractivity contribution in [2.45, 2.75) is 25.4 Å². The highest BCUT2D eigenvalue weighted by Crippen LogP contribution is 2.22. The van der Waals surface area contributed by atoms with Gasteiger partial charge in [0.1, 0.15) is 6.54 Å². The number of halogens is 1. The lowest BCUT2D eigenvalue weighted by molar-refractivity contribution is -0.117. The summed E-state index contributed by atoms with van der Waals surface area (Å²) >= 11 is 3.38. The highest BCUT2D eigenvalue weighted by molar-refractivity contribution is 9.10. The van der Waals surface area contributed by atoms with Gasteiger partial charge in [-0.25, -0.2) is 0 Å². The van der Waals surface area contributed by atoms with Crippen LogP contribution in [0.5, 0.6) is 0 Å². The van der Waals surface area contributed by atoms with Crippen molar-refractivity contribution in [1.29, 1.82) is 0 Å². The Bertz CT molecular complexity index is 1010. The summed E-state index contributed by atoms with van der Waals surface area (Å²) in [6.07, 6.45) is 2.00. The van der Waals surface area contributed by atoms with E-state index < -0.39 is 0 Å². The SMILES string of the molecule is O=C(Cn1nnc(-c2ccc(Br)cc2)n1)Nc1ccccc1C(=O)NC1CC1. The highest BCUT2D eigenvalue weighted by atomic mass is 79.9. The van der Waals surface area contributed by atoms with E-state index in [0.717, 1.165) is 22.9 Å². The maximum atomic E-state index is 12.4. The normalized spacial score (nSPS) is 13.2. The first-order valence-electron chi connectivity index (χ1n) is 8.82. The fourth-order valence-corrected chi connectivity index (χ4v) is 2.89. The molecule has 1 aliphatic carbocycles. The summed E-state index contributed by atoms with van der Waals surface area (Å²) < 4.78 is 0.951. The molecular formula is C19H17BrN6O2. The van der Waals surface area contributed by atoms with Gasteiger partial charge in [0.25, 0.3) is 5.91 Å². The average molecular weight is 441 g/mol. The lowest BCUT2D eigenvalue weighted by Gasteiger charge is -2.10. The number of amides is 2. The quantitative estimate of drug-likeness (QED) is 0.613. The van der Waals surface area contributed by atoms with E-state index in [1.807, 2.05) is 24.3 Å². The Morgan fingerprint density at radius 3 is 2.61 bits per heavy atom. The monoisotopic (exact) mass is 440 g/mol. The largest absolute Gasteiger partial charge is 0.349 e. The number of carbonyl (C=O) groups is 2. The zero-order valence-electron chi connectivity index (χ0n) is 14.8. The fraction of sp³-hybridized carbons (Fsp3) is 0.211. The molecule has 2 N–H and O–H groups in total. The Hall–Kier alpha value is -3.07. The summed E-state index contributed by atoms with van der Waals surface area (Å²) in [5, 5.41) is 17.8. The van der Waals surface area contributed by atoms with Gasteiger partial charge in [0, 0.05) is 16.1 Å². The van der Waals surface area contributed by atoms with Crippen LogP contribution in [-0.2, 0) is 11.3 Å². The summed E-state index contributed by atoms with van der Waals surface area (Å²) in [5.74, 6) is -0.0919. The number of tetrazole rings is 1. The molecule has 0 saturated heterocycles. The number of anilines is 1. The molecule has 28 heavy (non-hydrogen) atoms. The van der Waals surface area contributed by atoms with E-state index in [4.69, 9.17) is 0 Å². The van der Waals surface area contributed by atoms with E-state index in [2.05, 4.69) is 42.0 Å². The lowest BCUT2D eigenvalue weighted by Crippen LogP contribution is -2.27. The molecule has 9 heteroatoms. The summed E-state index contributed by atoms with van der Waals surface area (Å²) in [6, 6.07) is 14.6. The average Bonchev–Trinajstić information content (AvgIpc) is 3.38. The van der Waals surface area contributed by atoms with Crippen molar-refractivity contribution in [3.63, 3.8) is 0 Å². The predicted octanol–water partition coefficient (Wildman–Crippen LogP) is 2.63. The third kappa shape index (κ3) is 4.42. The minimum Gasteiger partial charge on any atom is -0.349 e. The Morgan fingerprint density at radius 1 is 1.11 bits per heavy atom. The van der Waals surface area contributed by atoms with Gasteiger partial charge in [0.05, 0.1) is 11.3 Å². The molecule has 3 aromatic rings. The topological polar surface area (TPSA) is 102 Å². The van der Waals surface area contributed by atoms with E-state index in [1.54, 1.807) is 24.3 Å². The zero-order chi connectivity index (χ0) is 19.5. The van der Waals surface area contributed by atoms with Gasteiger partial charge in [-0.1, -0.05) is 28.1 Å². The number of carbonyl (C=O) groups excluding carboxylic acids is 2. The van der Waals surface area contributed by atoms with Gasteiger partial charge in [-0.2, -0.15) is 4.80 Å². The van der Waals surface area contributed by atoms with Crippen LogP contribution in [0.3, 0.4) is 0 Å². The number of nitrogens with one attached hydrogen (secondary N) is 2. The van der Waals surface area contributed by atoms with Crippen molar-refractivity contribution in [3.05, 3.63) is 58.6 Å². The van der Waals surface area contributed by atoms with Crippen LogP contribution in [0.1, 0.15) is 23.2 Å². The number of aromatic nitrogens is 4. The first kappa shape index (κ1) is 18.3. The molecule has 1 aliphatic rings. The molecule has 1 heterocycles. The highest BCUT2D eigenvalue weighted by Gasteiger charge is 2.25. The van der Waals surface area contributed by atoms with Gasteiger partial charge in [-0.3, -0.25) is 9.59 Å². The second-order valence-electron chi connectivity index (χ2n) is 6.49. The van der Waals surface area contributed by atoms with Crippen molar-refractivity contribution < 1.29 is 9.59 Å². The second-order valence-corrected chi connectivity index (χ2v) is 7.41. The van der Waals surface area contributed by atoms with E-state index >= 15 is 0 Å². The second kappa shape index (κ2) is 7.89. The van der Waals surface area contributed by atoms with E-state index in [-0.39, 0.29) is 24.4 Å². The van der Waals surface area contributed by atoms with Crippen LogP contribution in [0.2, 0.25) is 0 Å². The van der Waals surface area contributed by atoms with Crippen LogP contribution in [-0.4, -0.2) is 38.1 Å². The Kier molecular flexibility index (Phi) is 5.16. The maximum Gasteiger partial charge on any atom is 0.253 e. The first-order chi connectivity index (χ1) is 13.6. The van der Waals surface area contributed by atoms with E-state index in [0.29, 0.717) is 17.1 Å². The van der Waals surface area contributed by atoms with Gasteiger partial charge in [0.15, 0.2) is 0 Å². The minimum atomic E-state index is -0.341. The molecule has 1 aromatic heterocycles. The molecule has 0 bridgehead atoms. The molecule has 0 unspecified atom stereocenters. The number of nitrogens with zero attached hydrogens (tertiary/aromatic N) is 4. The number of rotatable bonds is 6. The van der Waals surface area contributed by atoms with Crippen molar-refractivity contribution >= 4 is 33.4 Å². The van der Waals surface area contributed by atoms with Crippen LogP contribution < -0.4 is 10.6 Å². The van der Waals surface area contributed by atoms with E-state index in [9.17, 15) is 9.59 Å². The molecule has 2 aromatic carbocycles. The zero-order valence-corrected chi connectivity index (χ0v) is 16.4. The lowest BCUT2D eigenvalue weighted by atomic mass is 10.1. The first-order valence-corrected chi connectivity index (χ1v) is 9.61. The summed E-state index contributed by atoms with van der Waals surface area (Å²) in [7, 11) is 0. The molecule has 1 saturated carbocycles. The van der Waals surface area contributed by atoms with Crippen molar-refractivity contribution in [2.24, 2.45) is 0 Å².